The van der Waals surface area contributed by atoms with Gasteiger partial charge in [0, 0.05) is 90.0 Å². The molecule has 0 aliphatic rings. The van der Waals surface area contributed by atoms with Crippen LogP contribution in [0.5, 0.6) is 0 Å². The minimum atomic E-state index is -0.833. The van der Waals surface area contributed by atoms with Crippen molar-refractivity contribution in [2.75, 3.05) is 7.11 Å². The van der Waals surface area contributed by atoms with Gasteiger partial charge in [-0.3, -0.25) is 4.79 Å². The minimum Gasteiger partial charge on any atom is 0 e. The van der Waals surface area contributed by atoms with Crippen LogP contribution in [0.15, 0.2) is 0 Å². The van der Waals surface area contributed by atoms with Crippen LogP contribution < -0.4 is 0 Å². The number of nitriles is 6. The van der Waals surface area contributed by atoms with E-state index in [1.807, 2.05) is 0 Å². The van der Waals surface area contributed by atoms with Crippen LogP contribution in [-0.2, 0) is 41.3 Å². The van der Waals surface area contributed by atoms with E-state index in [0.29, 0.717) is 0 Å². The Bertz CT molecular complexity index is 180. The first kappa shape index (κ1) is 88.3. The number of nitrogens with zero attached hydrogens (tertiary/aromatic N) is 6. The quantitative estimate of drug-likeness (QED) is 0.506. The molecule has 0 aliphatic heterocycles. The van der Waals surface area contributed by atoms with Gasteiger partial charge in [0.25, 0.3) is 5.97 Å². The average Bonchev–Trinajstić information content (AvgIpc) is 2.52. The molecule has 0 aromatic carbocycles. The summed E-state index contributed by atoms with van der Waals surface area (Å²) in [5.41, 5.74) is 0. The fourth-order valence-corrected chi connectivity index (χ4v) is 0. The molecule has 9 nitrogen and oxygen atoms in total. The van der Waals surface area contributed by atoms with Gasteiger partial charge in [-0.05, 0) is 0 Å². The molecule has 0 fully saturated rings. The fourth-order valence-electron chi connectivity index (χ4n) is 0. The Balaban J connectivity index is -0.00000000605. The van der Waals surface area contributed by atoms with Crippen LogP contribution >= 0.6 is 0 Å². The Labute approximate surface area is 191 Å². The van der Waals surface area contributed by atoms with Gasteiger partial charge in [0.15, 0.2) is 0 Å². The molecule has 0 aromatic rings. The number of carboxylic acid groups (broad SMARTS) is 1. The van der Waals surface area contributed by atoms with Crippen molar-refractivity contribution >= 4 is 57.4 Å². The molecule has 0 unspecified atom stereocenters. The van der Waals surface area contributed by atoms with Crippen molar-refractivity contribution in [3.05, 3.63) is 0 Å². The summed E-state index contributed by atoms with van der Waals surface area (Å²) in [5, 5.41) is 53.4. The molecule has 21 heavy (non-hydrogen) atoms. The van der Waals surface area contributed by atoms with E-state index in [9.17, 15) is 0 Å². The van der Waals surface area contributed by atoms with Crippen LogP contribution in [0.4, 0.5) is 0 Å². The van der Waals surface area contributed by atoms with Gasteiger partial charge in [-0.15, -0.1) is 0 Å². The summed E-state index contributed by atoms with van der Waals surface area (Å²) >= 11 is 0. The van der Waals surface area contributed by atoms with Gasteiger partial charge in [-0.2, -0.15) is 0 Å². The second-order valence-corrected chi connectivity index (χ2v) is 0.519. The van der Waals surface area contributed by atoms with E-state index in [1.54, 1.807) is 0 Å². The number of aliphatic hydroxyl groups is 1. The molecular weight excluding hydrogens is 400 g/mol. The van der Waals surface area contributed by atoms with E-state index < -0.39 is 5.97 Å². The first-order valence-corrected chi connectivity index (χ1v) is 2.92. The topological polar surface area (TPSA) is 200 Å². The number of aliphatic carboxylic acids is 1. The number of hydrogen-bond donors (Lipinski definition) is 2. The molecule has 110 valence electrons. The summed E-state index contributed by atoms with van der Waals surface area (Å²) in [7, 11) is 1.00. The van der Waals surface area contributed by atoms with Crippen molar-refractivity contribution in [1.82, 2.24) is 0 Å². The van der Waals surface area contributed by atoms with Gasteiger partial charge in [0.1, 0.15) is 0 Å². The molecule has 0 saturated carbocycles. The van der Waals surface area contributed by atoms with Crippen molar-refractivity contribution in [2.24, 2.45) is 0 Å². The van der Waals surface area contributed by atoms with Crippen LogP contribution in [0.3, 0.4) is 0 Å². The molecule has 0 spiro atoms. The largest absolute Gasteiger partial charge is 0 e. The van der Waals surface area contributed by atoms with Crippen molar-refractivity contribution in [2.45, 2.75) is 6.92 Å². The number of carbonyl (C=O) groups is 1. The van der Waals surface area contributed by atoms with Crippen molar-refractivity contribution < 1.29 is 51.6 Å². The molecule has 0 heterocycles. The molecule has 0 radical (unpaired) electrons. The summed E-state index contributed by atoms with van der Waals surface area (Å²) in [6, 6.07) is 0. The number of hydrogen-bond acceptors (Lipinski definition) is 8. The van der Waals surface area contributed by atoms with Gasteiger partial charge in [-0.1, -0.05) is 0 Å². The molecule has 0 atom stereocenters. The van der Waals surface area contributed by atoms with Gasteiger partial charge < -0.3 is 10.2 Å². The molecule has 0 aliphatic carbocycles. The Kier molecular flexibility index (Phi) is 5740. The maximum absolute atomic E-state index is 9.00. The minimum absolute atomic E-state index is 0. The summed E-state index contributed by atoms with van der Waals surface area (Å²) in [4.78, 5) is 9.00. The molecule has 0 aromatic heterocycles. The Hall–Kier alpha value is -0.851. The van der Waals surface area contributed by atoms with Gasteiger partial charge >= 0.3 is 51.4 Å². The Morgan fingerprint density at radius 1 is 0.714 bits per heavy atom. The summed E-state index contributed by atoms with van der Waals surface area (Å²) in [5.74, 6) is -0.833. The van der Waals surface area contributed by atoms with Crippen LogP contribution in [-0.4, -0.2) is 74.7 Å². The molecule has 0 bridgehead atoms. The summed E-state index contributed by atoms with van der Waals surface area (Å²) < 4.78 is 0. The van der Waals surface area contributed by atoms with Gasteiger partial charge in [0.2, 0.25) is 0 Å². The monoisotopic (exact) mass is 414 g/mol. The predicted molar refractivity (Wildman–Crippen MR) is 68.6 cm³/mol. The van der Waals surface area contributed by atoms with E-state index >= 15 is 0 Å². The van der Waals surface area contributed by atoms with Crippen LogP contribution in [0.2, 0.25) is 0 Å². The maximum Gasteiger partial charge on any atom is 0 e. The molecule has 12 heteroatoms. The smallest absolute Gasteiger partial charge is 0 e. The second-order valence-electron chi connectivity index (χ2n) is 0.519. The second kappa shape index (κ2) is 1370. The third kappa shape index (κ3) is 7780. The zero-order valence-corrected chi connectivity index (χ0v) is 15.1. The van der Waals surface area contributed by atoms with Gasteiger partial charge in [0.05, 0.1) is 0 Å². The summed E-state index contributed by atoms with van der Waals surface area (Å²) in [6.07, 6.45) is 0. The average molecular weight is 416 g/mol. The van der Waals surface area contributed by atoms with E-state index in [4.69, 9.17) is 46.6 Å². The standard InChI is InChI=1S/C2H4O2.6CHN.CH4O.Fe.K.Zn.H/c1-2(3)4;7*1-2;;;;/h1H3,(H,3,4);6*1H;2H,1H3;;;;. The van der Waals surface area contributed by atoms with Crippen LogP contribution in [0.1, 0.15) is 6.92 Å². The van der Waals surface area contributed by atoms with Crippen molar-refractivity contribution in [3.8, 4) is 39.4 Å². The predicted octanol–water partition coefficient (Wildman–Crippen LogP) is -0.115. The summed E-state index contributed by atoms with van der Waals surface area (Å²) in [6.45, 7) is 22.1. The molecule has 0 saturated heterocycles. The van der Waals surface area contributed by atoms with Crippen LogP contribution in [0.25, 0.3) is 0 Å². The molecular formula is C9H15FeKN6O3Zn. The van der Waals surface area contributed by atoms with Crippen molar-refractivity contribution in [1.29, 1.82) is 31.6 Å². The zero-order valence-electron chi connectivity index (χ0n) is 11.0. The van der Waals surface area contributed by atoms with Crippen molar-refractivity contribution in [3.63, 3.8) is 0 Å². The zero-order chi connectivity index (χ0) is 17.6. The fraction of sp³-hybridized carbons (Fsp3) is 0.222. The van der Waals surface area contributed by atoms with Gasteiger partial charge in [-0.25, -0.2) is 31.6 Å². The maximum atomic E-state index is 9.00. The number of carboxylic acids is 1. The Morgan fingerprint density at radius 3 is 0.714 bits per heavy atom. The van der Waals surface area contributed by atoms with Crippen LogP contribution in [0, 0.1) is 71.0 Å². The molecule has 2 N–H and O–H groups in total. The Morgan fingerprint density at radius 2 is 0.714 bits per heavy atom. The number of aliphatic hydroxyl groups excluding tert-OH is 1. The molecule has 0 amide bonds. The first-order valence-electron chi connectivity index (χ1n) is 2.92. The van der Waals surface area contributed by atoms with E-state index in [2.05, 4.69) is 39.4 Å². The first-order chi connectivity index (χ1) is 8.73. The molecule has 0 rings (SSSR count). The van der Waals surface area contributed by atoms with E-state index in [0.717, 1.165) is 14.0 Å². The SMILES string of the molecule is C#N.C#N.C#N.C#N.C#N.C#N.CC(=O)O.CO.[Fe].[KH].[Zn]. The third-order valence-electron chi connectivity index (χ3n) is 0. The number of rotatable bonds is 0. The van der Waals surface area contributed by atoms with E-state index in [-0.39, 0.29) is 87.9 Å². The third-order valence-corrected chi connectivity index (χ3v) is 0. The van der Waals surface area contributed by atoms with E-state index in [1.165, 1.54) is 0 Å². The normalized spacial score (nSPS) is 2.05.